The Morgan fingerprint density at radius 1 is 1.12 bits per heavy atom. The molecular weight excluding hydrogens is 384 g/mol. The van der Waals surface area contributed by atoms with Gasteiger partial charge in [0.15, 0.2) is 0 Å². The number of fused-ring (bicyclic) bond motifs is 1. The second kappa shape index (κ2) is 8.00. The van der Waals surface area contributed by atoms with Gasteiger partial charge >= 0.3 is 5.97 Å². The zero-order chi connectivity index (χ0) is 18.0. The smallest absolute Gasteiger partial charge is 0.337 e. The van der Waals surface area contributed by atoms with Crippen molar-refractivity contribution in [3.8, 4) is 0 Å². The number of rotatable bonds is 4. The van der Waals surface area contributed by atoms with Crippen LogP contribution in [0, 0.1) is 17.8 Å². The molecule has 25 heavy (non-hydrogen) atoms. The quantitative estimate of drug-likeness (QED) is 0.766. The zero-order valence-corrected chi connectivity index (χ0v) is 16.1. The van der Waals surface area contributed by atoms with E-state index in [4.69, 9.17) is 4.74 Å². The van der Waals surface area contributed by atoms with Crippen LogP contribution in [0.25, 0.3) is 0 Å². The zero-order valence-electron chi connectivity index (χ0n) is 14.5. The fourth-order valence-corrected chi connectivity index (χ4v) is 4.88. The lowest BCUT2D eigenvalue weighted by Gasteiger charge is -2.09. The van der Waals surface area contributed by atoms with E-state index in [1.807, 2.05) is 6.07 Å². The molecule has 1 aromatic rings. The largest absolute Gasteiger partial charge is 0.465 e. The molecule has 0 heterocycles. The van der Waals surface area contributed by atoms with E-state index in [9.17, 15) is 14.7 Å². The number of aliphatic hydroxyl groups is 1. The van der Waals surface area contributed by atoms with Crippen LogP contribution in [0.5, 0.6) is 0 Å². The molecule has 0 bridgehead atoms. The summed E-state index contributed by atoms with van der Waals surface area (Å²) in [6.07, 6.45) is 6.03. The molecular formula is C20H25BrO4. The molecule has 2 unspecified atom stereocenters. The fourth-order valence-electron chi connectivity index (χ4n) is 4.34. The van der Waals surface area contributed by atoms with E-state index < -0.39 is 5.97 Å². The van der Waals surface area contributed by atoms with Crippen molar-refractivity contribution in [1.82, 2.24) is 0 Å². The van der Waals surface area contributed by atoms with Crippen molar-refractivity contribution in [2.45, 2.75) is 51.0 Å². The first kappa shape index (κ1) is 18.6. The maximum absolute atomic E-state index is 12.8. The van der Waals surface area contributed by atoms with Gasteiger partial charge in [0.25, 0.3) is 0 Å². The van der Waals surface area contributed by atoms with Gasteiger partial charge in [0.1, 0.15) is 5.78 Å². The van der Waals surface area contributed by atoms with Gasteiger partial charge in [-0.25, -0.2) is 4.79 Å². The third-order valence-electron chi connectivity index (χ3n) is 5.61. The molecule has 2 atom stereocenters. The normalized spacial score (nSPS) is 28.9. The van der Waals surface area contributed by atoms with Gasteiger partial charge < -0.3 is 9.84 Å². The van der Waals surface area contributed by atoms with Gasteiger partial charge in [-0.15, -0.1) is 0 Å². The summed E-state index contributed by atoms with van der Waals surface area (Å²) >= 11 is 3.41. The van der Waals surface area contributed by atoms with E-state index in [1.165, 1.54) is 7.11 Å². The standard InChI is InChI=1S/C20H25BrO4/c1-25-20(24)13-8-12(9-14(21)11-13)10-18(23)19-16-6-2-4-15(22)5-3-7-17(16)19/h8-9,11,15-17,19,22H,2-7,10H2,1H3. The van der Waals surface area contributed by atoms with Gasteiger partial charge in [0.2, 0.25) is 0 Å². The first-order chi connectivity index (χ1) is 12.0. The molecule has 0 saturated heterocycles. The predicted octanol–water partition coefficient (Wildman–Crippen LogP) is 3.92. The minimum absolute atomic E-state index is 0.162. The molecule has 1 N–H and O–H groups in total. The summed E-state index contributed by atoms with van der Waals surface area (Å²) in [4.78, 5) is 24.5. The van der Waals surface area contributed by atoms with Crippen LogP contribution in [-0.4, -0.2) is 30.1 Å². The highest BCUT2D eigenvalue weighted by Gasteiger charge is 2.52. The number of esters is 1. The van der Waals surface area contributed by atoms with E-state index in [0.29, 0.717) is 23.8 Å². The Morgan fingerprint density at radius 2 is 1.76 bits per heavy atom. The van der Waals surface area contributed by atoms with Crippen molar-refractivity contribution in [3.05, 3.63) is 33.8 Å². The second-order valence-electron chi connectivity index (χ2n) is 7.35. The third kappa shape index (κ3) is 4.50. The summed E-state index contributed by atoms with van der Waals surface area (Å²) in [6.45, 7) is 0. The van der Waals surface area contributed by atoms with E-state index in [-0.39, 0.29) is 17.8 Å². The maximum Gasteiger partial charge on any atom is 0.337 e. The van der Waals surface area contributed by atoms with E-state index in [2.05, 4.69) is 15.9 Å². The van der Waals surface area contributed by atoms with Crippen LogP contribution in [0.2, 0.25) is 0 Å². The minimum Gasteiger partial charge on any atom is -0.465 e. The van der Waals surface area contributed by atoms with Crippen molar-refractivity contribution in [3.63, 3.8) is 0 Å². The van der Waals surface area contributed by atoms with Crippen LogP contribution in [0.4, 0.5) is 0 Å². The Bertz CT molecular complexity index is 641. The molecule has 1 aromatic carbocycles. The number of halogens is 1. The molecule has 4 nitrogen and oxygen atoms in total. The second-order valence-corrected chi connectivity index (χ2v) is 8.27. The van der Waals surface area contributed by atoms with Crippen LogP contribution in [0.3, 0.4) is 0 Å². The summed E-state index contributed by atoms with van der Waals surface area (Å²) in [5.74, 6) is 1.04. The molecule has 2 saturated carbocycles. The average molecular weight is 409 g/mol. The summed E-state index contributed by atoms with van der Waals surface area (Å²) in [6, 6.07) is 5.36. The number of ether oxygens (including phenoxy) is 1. The molecule has 0 radical (unpaired) electrons. The predicted molar refractivity (Wildman–Crippen MR) is 98.4 cm³/mol. The van der Waals surface area contributed by atoms with Crippen molar-refractivity contribution in [2.24, 2.45) is 17.8 Å². The number of aliphatic hydroxyl groups excluding tert-OH is 1. The number of Topliss-reactive ketones (excluding diaryl/α,β-unsaturated/α-hetero) is 1. The van der Waals surface area contributed by atoms with Crippen molar-refractivity contribution < 1.29 is 19.4 Å². The number of benzene rings is 1. The lowest BCUT2D eigenvalue weighted by atomic mass is 9.99. The molecule has 5 heteroatoms. The molecule has 136 valence electrons. The van der Waals surface area contributed by atoms with E-state index >= 15 is 0 Å². The Kier molecular flexibility index (Phi) is 5.95. The number of carbonyl (C=O) groups is 2. The molecule has 0 aliphatic heterocycles. The number of carbonyl (C=O) groups excluding carboxylic acids is 2. The molecule has 2 aliphatic carbocycles. The van der Waals surface area contributed by atoms with Crippen molar-refractivity contribution >= 4 is 27.7 Å². The monoisotopic (exact) mass is 408 g/mol. The van der Waals surface area contributed by atoms with E-state index in [1.54, 1.807) is 12.1 Å². The first-order valence-corrected chi connectivity index (χ1v) is 9.87. The summed E-state index contributed by atoms with van der Waals surface area (Å²) in [7, 11) is 1.36. The lowest BCUT2D eigenvalue weighted by molar-refractivity contribution is -0.120. The maximum atomic E-state index is 12.8. The van der Waals surface area contributed by atoms with Crippen LogP contribution in [0.15, 0.2) is 22.7 Å². The first-order valence-electron chi connectivity index (χ1n) is 9.08. The van der Waals surface area contributed by atoms with Gasteiger partial charge in [-0.1, -0.05) is 28.8 Å². The molecule has 0 amide bonds. The number of methoxy groups -OCH3 is 1. The van der Waals surface area contributed by atoms with Gasteiger partial charge in [-0.3, -0.25) is 4.79 Å². The molecule has 3 rings (SSSR count). The van der Waals surface area contributed by atoms with Gasteiger partial charge in [-0.2, -0.15) is 0 Å². The number of ketones is 1. The molecule has 0 spiro atoms. The Morgan fingerprint density at radius 3 is 2.36 bits per heavy atom. The third-order valence-corrected chi connectivity index (χ3v) is 6.07. The van der Waals surface area contributed by atoms with Crippen molar-refractivity contribution in [2.75, 3.05) is 7.11 Å². The van der Waals surface area contributed by atoms with Gasteiger partial charge in [0, 0.05) is 16.8 Å². The highest BCUT2D eigenvalue weighted by Crippen LogP contribution is 2.53. The van der Waals surface area contributed by atoms with Crippen LogP contribution >= 0.6 is 15.9 Å². The van der Waals surface area contributed by atoms with Crippen LogP contribution in [-0.2, 0) is 16.0 Å². The Labute approximate surface area is 157 Å². The van der Waals surface area contributed by atoms with Crippen molar-refractivity contribution in [1.29, 1.82) is 0 Å². The SMILES string of the molecule is COC(=O)c1cc(Br)cc(CC(=O)C2C3CCCC(O)CCCC32)c1. The molecule has 0 aromatic heterocycles. The highest BCUT2D eigenvalue weighted by atomic mass is 79.9. The summed E-state index contributed by atoms with van der Waals surface area (Å²) in [5, 5.41) is 9.82. The van der Waals surface area contributed by atoms with Gasteiger partial charge in [-0.05, 0) is 61.3 Å². The van der Waals surface area contributed by atoms with Gasteiger partial charge in [0.05, 0.1) is 18.8 Å². The lowest BCUT2D eigenvalue weighted by Crippen LogP contribution is -2.11. The summed E-state index contributed by atoms with van der Waals surface area (Å²) < 4.78 is 5.55. The fraction of sp³-hybridized carbons (Fsp3) is 0.600. The van der Waals surface area contributed by atoms with E-state index in [0.717, 1.165) is 48.6 Å². The average Bonchev–Trinajstić information content (AvgIpc) is 3.24. The summed E-state index contributed by atoms with van der Waals surface area (Å²) in [5.41, 5.74) is 1.32. The minimum atomic E-state index is -0.391. The van der Waals surface area contributed by atoms with Crippen LogP contribution < -0.4 is 0 Å². The Hall–Kier alpha value is -1.20. The Balaban J connectivity index is 1.65. The topological polar surface area (TPSA) is 63.6 Å². The number of hydrogen-bond acceptors (Lipinski definition) is 4. The number of hydrogen-bond donors (Lipinski definition) is 1. The van der Waals surface area contributed by atoms with Crippen LogP contribution in [0.1, 0.15) is 54.4 Å². The molecule has 2 aliphatic rings. The highest BCUT2D eigenvalue weighted by molar-refractivity contribution is 9.10. The molecule has 2 fully saturated rings.